The van der Waals surface area contributed by atoms with Crippen molar-refractivity contribution in [2.75, 3.05) is 0 Å². The first-order chi connectivity index (χ1) is 37.8. The Kier molecular flexibility index (Phi) is 30.8. The zero-order valence-electron chi connectivity index (χ0n) is 52.3. The number of hydrogen-bond donors (Lipinski definition) is 6. The van der Waals surface area contributed by atoms with Crippen LogP contribution in [0.5, 0.6) is 0 Å². The molecular formula is C58H98N6O18. The van der Waals surface area contributed by atoms with Crippen molar-refractivity contribution in [3.63, 3.8) is 0 Å². The molecule has 468 valence electrons. The Labute approximate surface area is 484 Å². The van der Waals surface area contributed by atoms with Gasteiger partial charge in [-0.1, -0.05) is 125 Å². The summed E-state index contributed by atoms with van der Waals surface area (Å²) in [6, 6.07) is -8.46. The van der Waals surface area contributed by atoms with Crippen LogP contribution in [0.4, 0.5) is 0 Å². The maximum absolute atomic E-state index is 14.1. The van der Waals surface area contributed by atoms with E-state index in [9.17, 15) is 57.5 Å². The Morgan fingerprint density at radius 3 is 0.744 bits per heavy atom. The summed E-state index contributed by atoms with van der Waals surface area (Å²) in [5.74, 6) is -16.3. The maximum atomic E-state index is 14.1. The van der Waals surface area contributed by atoms with Crippen LogP contribution in [0, 0.1) is 53.3 Å². The summed E-state index contributed by atoms with van der Waals surface area (Å²) in [5.41, 5.74) is 0. The smallest absolute Gasteiger partial charge is 0.329 e. The summed E-state index contributed by atoms with van der Waals surface area (Å²) in [4.78, 5) is 166. The number of carbonyl (C=O) groups excluding carboxylic acids is 12. The van der Waals surface area contributed by atoms with E-state index in [1.54, 1.807) is 125 Å². The summed E-state index contributed by atoms with van der Waals surface area (Å²) in [6.07, 6.45) is -8.86. The monoisotopic (exact) mass is 1170 g/mol. The van der Waals surface area contributed by atoms with Crippen molar-refractivity contribution in [2.45, 2.75) is 244 Å². The van der Waals surface area contributed by atoms with Gasteiger partial charge in [0.25, 0.3) is 35.4 Å². The fourth-order valence-electron chi connectivity index (χ4n) is 8.15. The van der Waals surface area contributed by atoms with Gasteiger partial charge in [-0.25, -0.2) is 28.8 Å². The van der Waals surface area contributed by atoms with Gasteiger partial charge in [-0.15, -0.1) is 0 Å². The van der Waals surface area contributed by atoms with Crippen LogP contribution >= 0.6 is 0 Å². The third-order valence-corrected chi connectivity index (χ3v) is 13.4. The molecule has 13 atom stereocenters. The van der Waals surface area contributed by atoms with E-state index in [-0.39, 0.29) is 37.0 Å². The molecule has 6 N–H and O–H groups in total. The number of nitrogens with one attached hydrogen (secondary N) is 6. The van der Waals surface area contributed by atoms with Gasteiger partial charge in [-0.05, 0) is 93.8 Å². The lowest BCUT2D eigenvalue weighted by Crippen LogP contribution is -2.55. The van der Waals surface area contributed by atoms with E-state index in [2.05, 4.69) is 31.9 Å². The summed E-state index contributed by atoms with van der Waals surface area (Å²) in [6.45, 7) is 33.7. The molecule has 82 heavy (non-hydrogen) atoms. The highest BCUT2D eigenvalue weighted by atomic mass is 16.6. The lowest BCUT2D eigenvalue weighted by Gasteiger charge is -2.30. The Morgan fingerprint density at radius 1 is 0.305 bits per heavy atom. The molecule has 1 heterocycles. The molecule has 0 aromatic carbocycles. The molecule has 1 fully saturated rings. The molecule has 0 spiro atoms. The molecule has 0 aromatic rings. The van der Waals surface area contributed by atoms with Gasteiger partial charge in [0, 0.05) is 5.92 Å². The third-order valence-electron chi connectivity index (χ3n) is 13.4. The molecule has 1 unspecified atom stereocenters. The van der Waals surface area contributed by atoms with Crippen LogP contribution in [0.3, 0.4) is 0 Å². The van der Waals surface area contributed by atoms with Crippen molar-refractivity contribution in [3.05, 3.63) is 0 Å². The zero-order chi connectivity index (χ0) is 63.4. The van der Waals surface area contributed by atoms with Gasteiger partial charge in [0.05, 0.1) is 0 Å². The highest BCUT2D eigenvalue weighted by Gasteiger charge is 2.41. The van der Waals surface area contributed by atoms with Gasteiger partial charge in [0.15, 0.2) is 36.6 Å². The minimum atomic E-state index is -1.52. The summed E-state index contributed by atoms with van der Waals surface area (Å²) in [7, 11) is 0. The van der Waals surface area contributed by atoms with Gasteiger partial charge in [-0.2, -0.15) is 0 Å². The lowest BCUT2D eigenvalue weighted by atomic mass is 9.98. The van der Waals surface area contributed by atoms with Crippen LogP contribution < -0.4 is 31.9 Å². The zero-order valence-corrected chi connectivity index (χ0v) is 52.3. The number of amides is 6. The van der Waals surface area contributed by atoms with E-state index in [0.717, 1.165) is 0 Å². The Balaban J connectivity index is 3.97. The summed E-state index contributed by atoms with van der Waals surface area (Å²) in [5, 5.41) is 15.2. The number of cyclic esters (lactones) is 6. The van der Waals surface area contributed by atoms with E-state index in [1.165, 1.54) is 20.8 Å². The second-order valence-electron chi connectivity index (χ2n) is 24.5. The van der Waals surface area contributed by atoms with E-state index in [4.69, 9.17) is 28.4 Å². The largest absolute Gasteiger partial charge is 0.451 e. The summed E-state index contributed by atoms with van der Waals surface area (Å²) >= 11 is 0. The van der Waals surface area contributed by atoms with E-state index in [0.29, 0.717) is 6.42 Å². The molecule has 0 aliphatic carbocycles. The van der Waals surface area contributed by atoms with Crippen molar-refractivity contribution < 1.29 is 86.0 Å². The molecular weight excluding hydrogens is 1070 g/mol. The SMILES string of the molecule is CCC(C)[C@@H]1OC(=O)[C@@H](C)NC(=O)[C@@H](CC(C)C)OC(=O)[C@H](C(C)C)NC(=O)[C@H](C(C)C)OC(=O)[C@@H](C)NC(=O)[C@@H](CC(C)C)OC(=O)[C@H](C(C)C)NC(=O)[C@H](C(C)C)OC(=O)[C@@H](C)NC(=O)[C@@H](CC(C)C)OC(=O)[C@H](C(C)C)NC1=O. The van der Waals surface area contributed by atoms with Crippen LogP contribution in [0.25, 0.3) is 0 Å². The highest BCUT2D eigenvalue weighted by molar-refractivity contribution is 5.95. The second kappa shape index (κ2) is 34.3. The number of hydrogen-bond acceptors (Lipinski definition) is 18. The Morgan fingerprint density at radius 2 is 0.537 bits per heavy atom. The number of ether oxygens (including phenoxy) is 6. The average molecular weight is 1170 g/mol. The van der Waals surface area contributed by atoms with E-state index >= 15 is 0 Å². The molecule has 24 nitrogen and oxygen atoms in total. The van der Waals surface area contributed by atoms with Crippen LogP contribution in [0.15, 0.2) is 0 Å². The fourth-order valence-corrected chi connectivity index (χ4v) is 8.15. The maximum Gasteiger partial charge on any atom is 0.329 e. The molecule has 1 aliphatic heterocycles. The minimum absolute atomic E-state index is 0.0331. The third kappa shape index (κ3) is 23.9. The molecule has 1 aliphatic rings. The average Bonchev–Trinajstić information content (AvgIpc) is 3.46. The van der Waals surface area contributed by atoms with Gasteiger partial charge >= 0.3 is 35.8 Å². The number of rotatable bonds is 13. The van der Waals surface area contributed by atoms with E-state index < -0.39 is 180 Å². The second-order valence-corrected chi connectivity index (χ2v) is 24.5. The van der Waals surface area contributed by atoms with Crippen LogP contribution in [-0.2, 0) is 86.0 Å². The first kappa shape index (κ1) is 73.7. The number of esters is 6. The molecule has 6 amide bonds. The molecule has 1 rings (SSSR count). The molecule has 0 aromatic heterocycles. The van der Waals surface area contributed by atoms with Crippen molar-refractivity contribution in [1.82, 2.24) is 31.9 Å². The molecule has 0 bridgehead atoms. The van der Waals surface area contributed by atoms with Crippen molar-refractivity contribution in [1.29, 1.82) is 0 Å². The van der Waals surface area contributed by atoms with Crippen molar-refractivity contribution in [2.24, 2.45) is 53.3 Å². The Bertz CT molecular complexity index is 2200. The van der Waals surface area contributed by atoms with Gasteiger partial charge < -0.3 is 60.3 Å². The van der Waals surface area contributed by atoms with Gasteiger partial charge in [0.1, 0.15) is 36.3 Å². The molecule has 0 radical (unpaired) electrons. The van der Waals surface area contributed by atoms with E-state index in [1.807, 2.05) is 0 Å². The molecule has 1 saturated heterocycles. The quantitative estimate of drug-likeness (QED) is 0.112. The number of carbonyl (C=O) groups is 12. The minimum Gasteiger partial charge on any atom is -0.451 e. The van der Waals surface area contributed by atoms with Gasteiger partial charge in [-0.3, -0.25) is 28.8 Å². The van der Waals surface area contributed by atoms with Crippen LogP contribution in [0.2, 0.25) is 0 Å². The van der Waals surface area contributed by atoms with Crippen molar-refractivity contribution >= 4 is 71.3 Å². The van der Waals surface area contributed by atoms with Crippen molar-refractivity contribution in [3.8, 4) is 0 Å². The first-order valence-electron chi connectivity index (χ1n) is 28.9. The van der Waals surface area contributed by atoms with Crippen LogP contribution in [-0.4, -0.2) is 144 Å². The van der Waals surface area contributed by atoms with Gasteiger partial charge in [0.2, 0.25) is 0 Å². The first-order valence-corrected chi connectivity index (χ1v) is 28.9. The normalized spacial score (nSPS) is 28.4. The lowest BCUT2D eigenvalue weighted by molar-refractivity contribution is -0.167. The topological polar surface area (TPSA) is 332 Å². The standard InChI is InChI=1S/C58H98N6O18/c1-22-34(18)46-52(70)64-43(31(12)13)58(76)79-39(24-27(4)5)48(66)60-36(20)54(72)81-44(32(14)15)50(68)62-41(29(8)9)56(74)77-38(23-26(2)3)47(65)59-35(19)53(71)80-45(33(16)17)51(69)63-42(30(10)11)57(75)78-40(25-28(6)7)49(67)61-37(21)55(73)82-46/h26-46H,22-25H2,1-21H3,(H,59,65)(H,60,66)(H,61,67)(H,62,68)(H,63,69)(H,64,70)/t34?,35-,36-,37-,38-,39-,40-,41+,42+,43+,44+,45+,46+/m1/s1. The highest BCUT2D eigenvalue weighted by Crippen LogP contribution is 2.21. The fraction of sp³-hybridized carbons (Fsp3) is 0.793. The predicted molar refractivity (Wildman–Crippen MR) is 300 cm³/mol. The Hall–Kier alpha value is -6.36. The summed E-state index contributed by atoms with van der Waals surface area (Å²) < 4.78 is 34.2. The predicted octanol–water partition coefficient (Wildman–Crippen LogP) is 3.90. The van der Waals surface area contributed by atoms with Crippen LogP contribution in [0.1, 0.15) is 171 Å². The molecule has 0 saturated carbocycles. The molecule has 24 heteroatoms.